The monoisotopic (exact) mass is 257 g/mol. The largest absolute Gasteiger partial charge is 0.425 e. The minimum atomic E-state index is -4.37. The summed E-state index contributed by atoms with van der Waals surface area (Å²) in [5.74, 6) is -1.86. The van der Waals surface area contributed by atoms with Gasteiger partial charge in [0.2, 0.25) is 0 Å². The van der Waals surface area contributed by atoms with Crippen LogP contribution in [0, 0.1) is 0 Å². The predicted molar refractivity (Wildman–Crippen MR) is 65.2 cm³/mol. The molecule has 0 unspecified atom stereocenters. The summed E-state index contributed by atoms with van der Waals surface area (Å²) in [6.45, 7) is 0. The Labute approximate surface area is 99.9 Å². The van der Waals surface area contributed by atoms with Gasteiger partial charge in [0, 0.05) is 5.69 Å². The Hall–Kier alpha value is -1.54. The summed E-state index contributed by atoms with van der Waals surface area (Å²) in [4.78, 5) is 11.2. The topological polar surface area (TPSA) is 107 Å². The zero-order valence-corrected chi connectivity index (χ0v) is 10.0. The lowest BCUT2D eigenvalue weighted by atomic mass is 9.96. The maximum atomic E-state index is 11.2. The summed E-state index contributed by atoms with van der Waals surface area (Å²) >= 11 is 0. The van der Waals surface area contributed by atoms with Crippen LogP contribution in [-0.4, -0.2) is 32.5 Å². The Morgan fingerprint density at radius 2 is 2.12 bits per heavy atom. The van der Waals surface area contributed by atoms with Crippen LogP contribution in [0.15, 0.2) is 18.2 Å². The van der Waals surface area contributed by atoms with E-state index in [9.17, 15) is 13.2 Å². The van der Waals surface area contributed by atoms with Crippen molar-refractivity contribution in [3.05, 3.63) is 23.8 Å². The summed E-state index contributed by atoms with van der Waals surface area (Å²) in [7, 11) is -2.53. The van der Waals surface area contributed by atoms with Crippen molar-refractivity contribution in [2.24, 2.45) is 0 Å². The minimum absolute atomic E-state index is 0.246. The molecule has 0 radical (unpaired) electrons. The van der Waals surface area contributed by atoms with Crippen molar-refractivity contribution in [1.29, 1.82) is 0 Å². The van der Waals surface area contributed by atoms with E-state index >= 15 is 0 Å². The molecule has 0 aromatic heterocycles. The van der Waals surface area contributed by atoms with Gasteiger partial charge in [-0.2, -0.15) is 8.42 Å². The second-order valence-electron chi connectivity index (χ2n) is 3.42. The Bertz CT molecular complexity index is 528. The van der Waals surface area contributed by atoms with Crippen molar-refractivity contribution in [1.82, 2.24) is 0 Å². The molecule has 0 bridgehead atoms. The summed E-state index contributed by atoms with van der Waals surface area (Å²) < 4.78 is 34.3. The SMILES string of the molecule is BCc1cc(N)ccc1OC(=O)CS(=O)(=O)O. The summed E-state index contributed by atoms with van der Waals surface area (Å²) in [6.07, 6.45) is 0.583. The molecule has 92 valence electrons. The van der Waals surface area contributed by atoms with Crippen LogP contribution in [-0.2, 0) is 21.2 Å². The molecule has 6 nitrogen and oxygen atoms in total. The van der Waals surface area contributed by atoms with E-state index in [0.717, 1.165) is 0 Å². The highest BCUT2D eigenvalue weighted by molar-refractivity contribution is 7.86. The van der Waals surface area contributed by atoms with Crippen molar-refractivity contribution >= 4 is 29.6 Å². The van der Waals surface area contributed by atoms with Crippen molar-refractivity contribution in [2.45, 2.75) is 6.32 Å². The summed E-state index contributed by atoms with van der Waals surface area (Å²) in [6, 6.07) is 4.65. The van der Waals surface area contributed by atoms with Gasteiger partial charge in [0.25, 0.3) is 10.1 Å². The molecule has 0 fully saturated rings. The number of rotatable bonds is 4. The number of nitrogen functional groups attached to an aromatic ring is 1. The Kier molecular flexibility index (Phi) is 4.14. The molecule has 1 rings (SSSR count). The number of anilines is 1. The number of carbonyl (C=O) groups excluding carboxylic acids is 1. The highest BCUT2D eigenvalue weighted by Gasteiger charge is 2.16. The highest BCUT2D eigenvalue weighted by atomic mass is 32.2. The fourth-order valence-corrected chi connectivity index (χ4v) is 1.63. The zero-order valence-electron chi connectivity index (χ0n) is 9.21. The maximum absolute atomic E-state index is 11.2. The van der Waals surface area contributed by atoms with E-state index in [1.165, 1.54) is 12.1 Å². The number of ether oxygens (including phenoxy) is 1. The Morgan fingerprint density at radius 1 is 1.47 bits per heavy atom. The first kappa shape index (κ1) is 13.5. The normalized spacial score (nSPS) is 11.1. The number of carbonyl (C=O) groups is 1. The number of hydrogen-bond donors (Lipinski definition) is 2. The molecule has 0 aliphatic heterocycles. The first-order valence-corrected chi connectivity index (χ1v) is 6.47. The average Bonchev–Trinajstić information content (AvgIpc) is 2.17. The molecule has 8 heteroatoms. The number of esters is 1. The van der Waals surface area contributed by atoms with E-state index in [0.29, 0.717) is 17.6 Å². The molecular formula is C9H12BNO5S. The van der Waals surface area contributed by atoms with Gasteiger partial charge in [0.15, 0.2) is 5.75 Å². The maximum Gasteiger partial charge on any atom is 0.329 e. The van der Waals surface area contributed by atoms with Gasteiger partial charge >= 0.3 is 5.97 Å². The Morgan fingerprint density at radius 3 is 2.65 bits per heavy atom. The lowest BCUT2D eigenvalue weighted by molar-refractivity contribution is -0.131. The van der Waals surface area contributed by atoms with Gasteiger partial charge in [-0.3, -0.25) is 9.35 Å². The molecule has 17 heavy (non-hydrogen) atoms. The van der Waals surface area contributed by atoms with Gasteiger partial charge in [-0.15, -0.1) is 0 Å². The molecular weight excluding hydrogens is 245 g/mol. The molecule has 0 spiro atoms. The van der Waals surface area contributed by atoms with E-state index in [-0.39, 0.29) is 5.75 Å². The van der Waals surface area contributed by atoms with E-state index in [4.69, 9.17) is 15.0 Å². The van der Waals surface area contributed by atoms with Crippen LogP contribution in [0.25, 0.3) is 0 Å². The lowest BCUT2D eigenvalue weighted by Crippen LogP contribution is -2.20. The van der Waals surface area contributed by atoms with Crippen LogP contribution in [0.4, 0.5) is 5.69 Å². The molecule has 0 amide bonds. The van der Waals surface area contributed by atoms with Gasteiger partial charge in [-0.1, -0.05) is 6.32 Å². The molecule has 0 saturated heterocycles. The van der Waals surface area contributed by atoms with Gasteiger partial charge in [-0.25, -0.2) is 0 Å². The molecule has 1 aromatic rings. The standard InChI is InChI=1S/C9H12BNO5S/c10-4-6-3-7(11)1-2-8(6)16-9(12)5-17(13,14)15/h1-3H,4-5,10-11H2,(H,13,14,15). The first-order chi connectivity index (χ1) is 7.81. The smallest absolute Gasteiger partial charge is 0.329 e. The van der Waals surface area contributed by atoms with Crippen LogP contribution in [0.3, 0.4) is 0 Å². The summed E-state index contributed by atoms with van der Waals surface area (Å²) in [5, 5.41) is 0. The molecule has 0 aliphatic rings. The molecule has 0 heterocycles. The molecule has 0 aliphatic carbocycles. The highest BCUT2D eigenvalue weighted by Crippen LogP contribution is 2.21. The fraction of sp³-hybridized carbons (Fsp3) is 0.222. The van der Waals surface area contributed by atoms with E-state index in [1.807, 2.05) is 7.85 Å². The third kappa shape index (κ3) is 4.45. The van der Waals surface area contributed by atoms with Crippen LogP contribution in [0.2, 0.25) is 0 Å². The quantitative estimate of drug-likeness (QED) is 0.240. The van der Waals surface area contributed by atoms with Gasteiger partial charge in [0.1, 0.15) is 13.6 Å². The Balaban J connectivity index is 2.85. The molecule has 0 atom stereocenters. The molecule has 0 saturated carbocycles. The second-order valence-corrected chi connectivity index (χ2v) is 4.87. The van der Waals surface area contributed by atoms with Gasteiger partial charge in [-0.05, 0) is 23.8 Å². The number of benzene rings is 1. The van der Waals surface area contributed by atoms with Crippen LogP contribution >= 0.6 is 0 Å². The van der Waals surface area contributed by atoms with Gasteiger partial charge < -0.3 is 10.5 Å². The second kappa shape index (κ2) is 5.20. The van der Waals surface area contributed by atoms with E-state index in [2.05, 4.69) is 0 Å². The third-order valence-corrected chi connectivity index (χ3v) is 2.59. The van der Waals surface area contributed by atoms with E-state index in [1.54, 1.807) is 6.07 Å². The predicted octanol–water partition coefficient (Wildman–Crippen LogP) is -0.805. The zero-order chi connectivity index (χ0) is 13.1. The van der Waals surface area contributed by atoms with Crippen LogP contribution < -0.4 is 10.5 Å². The molecule has 1 aromatic carbocycles. The van der Waals surface area contributed by atoms with E-state index < -0.39 is 21.8 Å². The van der Waals surface area contributed by atoms with Crippen LogP contribution in [0.5, 0.6) is 5.75 Å². The van der Waals surface area contributed by atoms with Crippen molar-refractivity contribution < 1.29 is 22.5 Å². The van der Waals surface area contributed by atoms with Crippen molar-refractivity contribution in [3.8, 4) is 5.75 Å². The number of nitrogens with two attached hydrogens (primary N) is 1. The fourth-order valence-electron chi connectivity index (χ4n) is 1.28. The lowest BCUT2D eigenvalue weighted by Gasteiger charge is -2.08. The molecule has 3 N–H and O–H groups in total. The minimum Gasteiger partial charge on any atom is -0.425 e. The summed E-state index contributed by atoms with van der Waals surface area (Å²) in [5.41, 5.74) is 6.77. The first-order valence-electron chi connectivity index (χ1n) is 4.86. The van der Waals surface area contributed by atoms with Crippen molar-refractivity contribution in [2.75, 3.05) is 11.5 Å². The average molecular weight is 257 g/mol. The van der Waals surface area contributed by atoms with Crippen LogP contribution in [0.1, 0.15) is 5.56 Å². The van der Waals surface area contributed by atoms with Gasteiger partial charge in [0.05, 0.1) is 0 Å². The number of hydrogen-bond acceptors (Lipinski definition) is 5. The third-order valence-electron chi connectivity index (χ3n) is 1.99. The van der Waals surface area contributed by atoms with Crippen molar-refractivity contribution in [3.63, 3.8) is 0 Å².